The SMILES string of the molecule is COc1ccc(-n2c(-c3ccccc3)cc(/C(C)=N\OCc3ccccc3F)c2C)cc1OC. The standard InChI is InChI=1S/C28H27FN2O3/c1-19(30-34-18-22-12-8-9-13-25(22)29)24-17-26(21-10-6-5-7-11-21)31(20(24)2)23-14-15-27(32-3)28(16-23)33-4/h5-17H,18H2,1-4H3/b30-19-. The van der Waals surface area contributed by atoms with Gasteiger partial charge in [0.25, 0.3) is 0 Å². The second-order valence-corrected chi connectivity index (χ2v) is 7.81. The summed E-state index contributed by atoms with van der Waals surface area (Å²) in [5.74, 6) is 1.00. The highest BCUT2D eigenvalue weighted by Crippen LogP contribution is 2.34. The van der Waals surface area contributed by atoms with E-state index >= 15 is 0 Å². The Morgan fingerprint density at radius 1 is 0.882 bits per heavy atom. The maximum absolute atomic E-state index is 13.9. The first kappa shape index (κ1) is 23.1. The van der Waals surface area contributed by atoms with Crippen molar-refractivity contribution in [2.75, 3.05) is 14.2 Å². The molecule has 1 aromatic heterocycles. The quantitative estimate of drug-likeness (QED) is 0.222. The summed E-state index contributed by atoms with van der Waals surface area (Å²) in [6.07, 6.45) is 0. The third-order valence-corrected chi connectivity index (χ3v) is 5.71. The number of hydrogen-bond acceptors (Lipinski definition) is 4. The zero-order chi connectivity index (χ0) is 24.1. The van der Waals surface area contributed by atoms with Crippen molar-refractivity contribution in [1.29, 1.82) is 0 Å². The third-order valence-electron chi connectivity index (χ3n) is 5.71. The van der Waals surface area contributed by atoms with Gasteiger partial charge in [0.05, 0.1) is 25.6 Å². The molecule has 3 aromatic carbocycles. The van der Waals surface area contributed by atoms with Crippen molar-refractivity contribution in [2.45, 2.75) is 20.5 Å². The van der Waals surface area contributed by atoms with Crippen LogP contribution in [0.5, 0.6) is 11.5 Å². The smallest absolute Gasteiger partial charge is 0.162 e. The Morgan fingerprint density at radius 2 is 1.59 bits per heavy atom. The fourth-order valence-electron chi connectivity index (χ4n) is 3.95. The summed E-state index contributed by atoms with van der Waals surface area (Å²) in [7, 11) is 3.24. The van der Waals surface area contributed by atoms with Gasteiger partial charge in [-0.3, -0.25) is 0 Å². The van der Waals surface area contributed by atoms with E-state index in [1.165, 1.54) is 6.07 Å². The molecule has 0 unspecified atom stereocenters. The minimum Gasteiger partial charge on any atom is -0.493 e. The zero-order valence-electron chi connectivity index (χ0n) is 19.7. The lowest BCUT2D eigenvalue weighted by molar-refractivity contribution is 0.128. The molecule has 0 saturated carbocycles. The number of hydrogen-bond donors (Lipinski definition) is 0. The van der Waals surface area contributed by atoms with Gasteiger partial charge in [0.15, 0.2) is 11.5 Å². The number of nitrogens with zero attached hydrogens (tertiary/aromatic N) is 2. The molecule has 174 valence electrons. The van der Waals surface area contributed by atoms with Gasteiger partial charge in [0.1, 0.15) is 12.4 Å². The van der Waals surface area contributed by atoms with Gasteiger partial charge in [-0.15, -0.1) is 0 Å². The first-order valence-corrected chi connectivity index (χ1v) is 10.9. The second-order valence-electron chi connectivity index (χ2n) is 7.81. The molecule has 0 N–H and O–H groups in total. The van der Waals surface area contributed by atoms with Crippen LogP contribution in [0.1, 0.15) is 23.7 Å². The van der Waals surface area contributed by atoms with Gasteiger partial charge in [-0.1, -0.05) is 53.7 Å². The Kier molecular flexibility index (Phi) is 6.97. The fourth-order valence-corrected chi connectivity index (χ4v) is 3.95. The summed E-state index contributed by atoms with van der Waals surface area (Å²) < 4.78 is 27.0. The Balaban J connectivity index is 1.75. The number of benzene rings is 3. The summed E-state index contributed by atoms with van der Waals surface area (Å²) in [5, 5.41) is 4.29. The molecule has 0 atom stereocenters. The van der Waals surface area contributed by atoms with Crippen LogP contribution in [0.3, 0.4) is 0 Å². The molecule has 0 aliphatic carbocycles. The Hall–Kier alpha value is -4.06. The molecule has 4 rings (SSSR count). The Bertz CT molecular complexity index is 1310. The van der Waals surface area contributed by atoms with E-state index in [0.717, 1.165) is 28.2 Å². The molecule has 5 nitrogen and oxygen atoms in total. The number of aromatic nitrogens is 1. The number of rotatable bonds is 8. The molecule has 0 saturated heterocycles. The van der Waals surface area contributed by atoms with E-state index in [1.807, 2.05) is 50.2 Å². The lowest BCUT2D eigenvalue weighted by atomic mass is 10.1. The molecule has 0 radical (unpaired) electrons. The van der Waals surface area contributed by atoms with Crippen molar-refractivity contribution in [3.05, 3.63) is 102 Å². The molecular weight excluding hydrogens is 431 g/mol. The first-order chi connectivity index (χ1) is 16.5. The minimum absolute atomic E-state index is 0.0605. The summed E-state index contributed by atoms with van der Waals surface area (Å²) >= 11 is 0. The van der Waals surface area contributed by atoms with E-state index in [0.29, 0.717) is 22.8 Å². The van der Waals surface area contributed by atoms with Crippen molar-refractivity contribution < 1.29 is 18.7 Å². The molecule has 6 heteroatoms. The van der Waals surface area contributed by atoms with Crippen LogP contribution in [0.4, 0.5) is 4.39 Å². The number of methoxy groups -OCH3 is 2. The third kappa shape index (κ3) is 4.66. The normalized spacial score (nSPS) is 11.4. The zero-order valence-corrected chi connectivity index (χ0v) is 19.7. The fraction of sp³-hybridized carbons (Fsp3) is 0.179. The molecule has 1 heterocycles. The van der Waals surface area contributed by atoms with Crippen molar-refractivity contribution in [1.82, 2.24) is 4.57 Å². The van der Waals surface area contributed by atoms with Crippen molar-refractivity contribution in [3.63, 3.8) is 0 Å². The lowest BCUT2D eigenvalue weighted by Crippen LogP contribution is -2.03. The molecule has 0 spiro atoms. The highest BCUT2D eigenvalue weighted by Gasteiger charge is 2.18. The van der Waals surface area contributed by atoms with Crippen molar-refractivity contribution >= 4 is 5.71 Å². The van der Waals surface area contributed by atoms with Crippen LogP contribution < -0.4 is 9.47 Å². The van der Waals surface area contributed by atoms with Gasteiger partial charge in [0.2, 0.25) is 0 Å². The van der Waals surface area contributed by atoms with Gasteiger partial charge in [-0.25, -0.2) is 4.39 Å². The molecule has 4 aromatic rings. The van der Waals surface area contributed by atoms with Crippen LogP contribution in [0.2, 0.25) is 0 Å². The summed E-state index contributed by atoms with van der Waals surface area (Å²) in [6, 6.07) is 24.6. The second kappa shape index (κ2) is 10.3. The topological polar surface area (TPSA) is 45.0 Å². The number of halogens is 1. The van der Waals surface area contributed by atoms with E-state index in [-0.39, 0.29) is 12.4 Å². The number of oxime groups is 1. The van der Waals surface area contributed by atoms with Gasteiger partial charge in [-0.2, -0.15) is 0 Å². The van der Waals surface area contributed by atoms with E-state index < -0.39 is 0 Å². The largest absolute Gasteiger partial charge is 0.493 e. The minimum atomic E-state index is -0.308. The van der Waals surface area contributed by atoms with Crippen molar-refractivity contribution in [3.8, 4) is 28.4 Å². The predicted molar refractivity (Wildman–Crippen MR) is 132 cm³/mol. The highest BCUT2D eigenvalue weighted by atomic mass is 19.1. The maximum Gasteiger partial charge on any atom is 0.162 e. The highest BCUT2D eigenvalue weighted by molar-refractivity contribution is 6.01. The lowest BCUT2D eigenvalue weighted by Gasteiger charge is -2.15. The van der Waals surface area contributed by atoms with E-state index in [4.69, 9.17) is 14.3 Å². The predicted octanol–water partition coefficient (Wildman–Crippen LogP) is 6.55. The Labute approximate surface area is 199 Å². The van der Waals surface area contributed by atoms with Gasteiger partial charge in [0, 0.05) is 28.6 Å². The van der Waals surface area contributed by atoms with Crippen LogP contribution in [0.15, 0.2) is 84.0 Å². The van der Waals surface area contributed by atoms with Gasteiger partial charge < -0.3 is 18.9 Å². The summed E-state index contributed by atoms with van der Waals surface area (Å²) in [4.78, 5) is 5.50. The van der Waals surface area contributed by atoms with Crippen LogP contribution in [0.25, 0.3) is 16.9 Å². The van der Waals surface area contributed by atoms with Crippen LogP contribution >= 0.6 is 0 Å². The average molecular weight is 459 g/mol. The molecular formula is C28H27FN2O3. The average Bonchev–Trinajstić information content (AvgIpc) is 3.22. The first-order valence-electron chi connectivity index (χ1n) is 10.9. The van der Waals surface area contributed by atoms with Gasteiger partial charge in [-0.05, 0) is 43.7 Å². The van der Waals surface area contributed by atoms with Crippen LogP contribution in [-0.4, -0.2) is 24.5 Å². The van der Waals surface area contributed by atoms with Crippen LogP contribution in [0, 0.1) is 12.7 Å². The summed E-state index contributed by atoms with van der Waals surface area (Å²) in [6.45, 7) is 3.98. The molecule has 0 bridgehead atoms. The van der Waals surface area contributed by atoms with Crippen LogP contribution in [-0.2, 0) is 11.4 Å². The molecule has 0 amide bonds. The molecule has 0 aliphatic heterocycles. The molecule has 0 fully saturated rings. The van der Waals surface area contributed by atoms with E-state index in [1.54, 1.807) is 32.4 Å². The van der Waals surface area contributed by atoms with E-state index in [2.05, 4.69) is 27.9 Å². The Morgan fingerprint density at radius 3 is 2.29 bits per heavy atom. The summed E-state index contributed by atoms with van der Waals surface area (Å²) in [5.41, 5.74) is 6.08. The van der Waals surface area contributed by atoms with Crippen molar-refractivity contribution in [2.24, 2.45) is 5.16 Å². The van der Waals surface area contributed by atoms with Gasteiger partial charge >= 0.3 is 0 Å². The molecule has 0 aliphatic rings. The number of ether oxygens (including phenoxy) is 2. The molecule has 34 heavy (non-hydrogen) atoms. The van der Waals surface area contributed by atoms with E-state index in [9.17, 15) is 4.39 Å². The maximum atomic E-state index is 13.9. The monoisotopic (exact) mass is 458 g/mol.